The van der Waals surface area contributed by atoms with Gasteiger partial charge in [-0.05, 0) is 38.5 Å². The van der Waals surface area contributed by atoms with Gasteiger partial charge in [0.1, 0.15) is 13.2 Å². The molecule has 1 aromatic carbocycles. The minimum atomic E-state index is -1.30. The molecule has 0 fully saturated rings. The van der Waals surface area contributed by atoms with Gasteiger partial charge in [-0.15, -0.1) is 0 Å². The van der Waals surface area contributed by atoms with E-state index in [0.717, 1.165) is 30.7 Å². The molecule has 142 valence electrons. The fourth-order valence-electron chi connectivity index (χ4n) is 2.32. The monoisotopic (exact) mass is 355 g/mol. The number of quaternary nitrogens is 1. The minimum Gasteiger partial charge on any atom is -0.545 e. The first kappa shape index (κ1) is 23.0. The van der Waals surface area contributed by atoms with Crippen molar-refractivity contribution < 1.29 is 34.1 Å². The number of carbonyl (C=O) groups excluding carboxylic acids is 2. The van der Waals surface area contributed by atoms with E-state index in [2.05, 4.69) is 25.5 Å². The average Bonchev–Trinajstić information content (AvgIpc) is 2.65. The molecule has 0 saturated carbocycles. The van der Waals surface area contributed by atoms with Crippen molar-refractivity contribution >= 4 is 11.9 Å². The van der Waals surface area contributed by atoms with Crippen LogP contribution in [0.25, 0.3) is 0 Å². The number of aliphatic hydroxyl groups is 2. The van der Waals surface area contributed by atoms with Crippen LogP contribution in [0.1, 0.15) is 41.5 Å². The third-order valence-corrected chi connectivity index (χ3v) is 4.27. The van der Waals surface area contributed by atoms with Crippen molar-refractivity contribution in [1.82, 2.24) is 0 Å². The summed E-state index contributed by atoms with van der Waals surface area (Å²) in [5, 5.41) is 27.6. The molecule has 7 heteroatoms. The lowest BCUT2D eigenvalue weighted by Crippen LogP contribution is -2.49. The van der Waals surface area contributed by atoms with E-state index in [4.69, 9.17) is 10.2 Å². The Morgan fingerprint density at radius 2 is 1.44 bits per heavy atom. The number of nitrogens with zero attached hydrogens (tertiary/aromatic N) is 1. The van der Waals surface area contributed by atoms with Gasteiger partial charge in [0, 0.05) is 0 Å². The summed E-state index contributed by atoms with van der Waals surface area (Å²) in [6.45, 7) is 10.8. The van der Waals surface area contributed by atoms with Crippen LogP contribution in [0.3, 0.4) is 0 Å². The van der Waals surface area contributed by atoms with Crippen LogP contribution in [0, 0.1) is 0 Å². The maximum absolute atomic E-state index is 11.2. The number of carboxylic acids is 1. The number of carboxylic acid groups (broad SMARTS) is 1. The van der Waals surface area contributed by atoms with Gasteiger partial charge in [-0.1, -0.05) is 12.1 Å². The summed E-state index contributed by atoms with van der Waals surface area (Å²) in [6, 6.07) is 5.16. The Labute approximate surface area is 149 Å². The van der Waals surface area contributed by atoms with E-state index in [1.165, 1.54) is 24.3 Å². The molecule has 1 aromatic rings. The fourth-order valence-corrected chi connectivity index (χ4v) is 2.32. The summed E-state index contributed by atoms with van der Waals surface area (Å²) in [6.07, 6.45) is 0. The second-order valence-electron chi connectivity index (χ2n) is 5.46. The van der Waals surface area contributed by atoms with Crippen molar-refractivity contribution in [2.24, 2.45) is 0 Å². The first-order chi connectivity index (χ1) is 11.9. The number of benzene rings is 1. The number of likely N-dealkylation sites (N-methyl/N-ethyl adjacent to an activating group) is 1. The molecular formula is C18H29NO6. The van der Waals surface area contributed by atoms with Gasteiger partial charge in [0.25, 0.3) is 0 Å². The predicted molar refractivity (Wildman–Crippen MR) is 92.0 cm³/mol. The Kier molecular flexibility index (Phi) is 11.4. The fraction of sp³-hybridized carbons (Fsp3) is 0.556. The number of rotatable bonds is 9. The van der Waals surface area contributed by atoms with Gasteiger partial charge < -0.3 is 29.3 Å². The molecule has 0 amide bonds. The minimum absolute atomic E-state index is 0.00583. The third-order valence-electron chi connectivity index (χ3n) is 4.27. The number of aliphatic hydroxyl groups excluding tert-OH is 2. The van der Waals surface area contributed by atoms with Crippen molar-refractivity contribution in [2.75, 3.05) is 46.0 Å². The van der Waals surface area contributed by atoms with Gasteiger partial charge in [0.05, 0.1) is 44.4 Å². The highest BCUT2D eigenvalue weighted by Gasteiger charge is 2.18. The zero-order valence-corrected chi connectivity index (χ0v) is 15.2. The molecular weight excluding hydrogens is 326 g/mol. The molecule has 0 aliphatic rings. The van der Waals surface area contributed by atoms with E-state index >= 15 is 0 Å². The Morgan fingerprint density at radius 1 is 0.960 bits per heavy atom. The van der Waals surface area contributed by atoms with Crippen LogP contribution < -0.4 is 5.11 Å². The van der Waals surface area contributed by atoms with Crippen LogP contribution in [0.4, 0.5) is 0 Å². The standard InChI is InChI=1S/C10H10O5.C8H20NO/c11-5-6-15-10(14)8-3-1-7(2-4-8)9(12)13;1-4-9(5-2,6-3)7-8-10/h1-4,11H,5-6H2,(H,12,13);10H,4-8H2,1-3H3/q;+1/p-1. The largest absolute Gasteiger partial charge is 0.545 e. The van der Waals surface area contributed by atoms with Crippen LogP contribution in [0.2, 0.25) is 0 Å². The average molecular weight is 355 g/mol. The third kappa shape index (κ3) is 8.11. The Hall–Kier alpha value is -1.96. The summed E-state index contributed by atoms with van der Waals surface area (Å²) in [7, 11) is 0. The Bertz CT molecular complexity index is 503. The topological polar surface area (TPSA) is 107 Å². The molecule has 7 nitrogen and oxygen atoms in total. The summed E-state index contributed by atoms with van der Waals surface area (Å²) in [5.41, 5.74) is 0.224. The maximum atomic E-state index is 11.2. The SMILES string of the molecule is CC[N+](CC)(CC)CCO.O=C([O-])c1ccc(C(=O)OCCO)cc1. The lowest BCUT2D eigenvalue weighted by Gasteiger charge is -2.34. The molecule has 0 aliphatic carbocycles. The lowest BCUT2D eigenvalue weighted by molar-refractivity contribution is -0.923. The normalized spacial score (nSPS) is 10.6. The van der Waals surface area contributed by atoms with Gasteiger partial charge in [0.2, 0.25) is 0 Å². The van der Waals surface area contributed by atoms with Crippen molar-refractivity contribution in [3.8, 4) is 0 Å². The van der Waals surface area contributed by atoms with Crippen LogP contribution in [-0.2, 0) is 4.74 Å². The van der Waals surface area contributed by atoms with E-state index in [1.54, 1.807) is 0 Å². The van der Waals surface area contributed by atoms with Crippen molar-refractivity contribution in [3.05, 3.63) is 35.4 Å². The lowest BCUT2D eigenvalue weighted by atomic mass is 10.1. The molecule has 0 unspecified atom stereocenters. The summed E-state index contributed by atoms with van der Waals surface area (Å²) >= 11 is 0. The zero-order chi connectivity index (χ0) is 19.3. The highest BCUT2D eigenvalue weighted by molar-refractivity contribution is 5.91. The van der Waals surface area contributed by atoms with Gasteiger partial charge in [-0.3, -0.25) is 0 Å². The van der Waals surface area contributed by atoms with Crippen LogP contribution in [0.5, 0.6) is 0 Å². The van der Waals surface area contributed by atoms with E-state index in [9.17, 15) is 14.7 Å². The van der Waals surface area contributed by atoms with E-state index in [0.29, 0.717) is 6.61 Å². The van der Waals surface area contributed by atoms with Crippen LogP contribution >= 0.6 is 0 Å². The summed E-state index contributed by atoms with van der Waals surface area (Å²) in [5.74, 6) is -1.90. The maximum Gasteiger partial charge on any atom is 0.338 e. The molecule has 0 aromatic heterocycles. The quantitative estimate of drug-likeness (QED) is 0.479. The number of ether oxygens (including phenoxy) is 1. The van der Waals surface area contributed by atoms with Gasteiger partial charge in [0.15, 0.2) is 0 Å². The van der Waals surface area contributed by atoms with Crippen LogP contribution in [-0.4, -0.2) is 72.6 Å². The number of aromatic carboxylic acids is 1. The molecule has 0 saturated heterocycles. The van der Waals surface area contributed by atoms with E-state index in [-0.39, 0.29) is 24.3 Å². The molecule has 0 radical (unpaired) electrons. The molecule has 2 N–H and O–H groups in total. The summed E-state index contributed by atoms with van der Waals surface area (Å²) < 4.78 is 5.68. The first-order valence-corrected chi connectivity index (χ1v) is 8.45. The Balaban J connectivity index is 0.000000504. The van der Waals surface area contributed by atoms with Gasteiger partial charge in [-0.25, -0.2) is 4.79 Å². The number of hydrogen-bond acceptors (Lipinski definition) is 6. The predicted octanol–water partition coefficient (Wildman–Crippen LogP) is 0.0544. The molecule has 0 heterocycles. The summed E-state index contributed by atoms with van der Waals surface area (Å²) in [4.78, 5) is 21.6. The Morgan fingerprint density at radius 3 is 1.76 bits per heavy atom. The second-order valence-corrected chi connectivity index (χ2v) is 5.46. The first-order valence-electron chi connectivity index (χ1n) is 8.45. The number of esters is 1. The number of carbonyl (C=O) groups is 2. The van der Waals surface area contributed by atoms with Gasteiger partial charge >= 0.3 is 5.97 Å². The van der Waals surface area contributed by atoms with Crippen LogP contribution in [0.15, 0.2) is 24.3 Å². The molecule has 0 aliphatic heterocycles. The second kappa shape index (κ2) is 12.4. The van der Waals surface area contributed by atoms with Crippen molar-refractivity contribution in [3.63, 3.8) is 0 Å². The van der Waals surface area contributed by atoms with Crippen molar-refractivity contribution in [1.29, 1.82) is 0 Å². The van der Waals surface area contributed by atoms with E-state index < -0.39 is 11.9 Å². The number of hydrogen-bond donors (Lipinski definition) is 2. The molecule has 25 heavy (non-hydrogen) atoms. The van der Waals surface area contributed by atoms with Gasteiger partial charge in [-0.2, -0.15) is 0 Å². The van der Waals surface area contributed by atoms with Crippen molar-refractivity contribution in [2.45, 2.75) is 20.8 Å². The highest BCUT2D eigenvalue weighted by Crippen LogP contribution is 2.05. The molecule has 0 atom stereocenters. The smallest absolute Gasteiger partial charge is 0.338 e. The molecule has 0 bridgehead atoms. The molecule has 0 spiro atoms. The highest BCUT2D eigenvalue weighted by atomic mass is 16.5. The zero-order valence-electron chi connectivity index (χ0n) is 15.2. The van der Waals surface area contributed by atoms with E-state index in [1.807, 2.05) is 0 Å². The molecule has 1 rings (SSSR count).